The average molecular weight is 216 g/mol. The van der Waals surface area contributed by atoms with E-state index >= 15 is 0 Å². The normalized spacial score (nSPS) is 4.00. The monoisotopic (exact) mass is 216 g/mol. The largest absolute Gasteiger partial charge is 2.00 e. The van der Waals surface area contributed by atoms with Crippen LogP contribution < -0.4 is 0 Å². The van der Waals surface area contributed by atoms with E-state index in [1.165, 1.54) is 0 Å². The third kappa shape index (κ3) is 41.0. The van der Waals surface area contributed by atoms with E-state index in [2.05, 4.69) is 0 Å². The van der Waals surface area contributed by atoms with Crippen molar-refractivity contribution >= 4 is 54.7 Å². The van der Waals surface area contributed by atoms with Crippen molar-refractivity contribution in [2.24, 2.45) is 0 Å². The van der Waals surface area contributed by atoms with Gasteiger partial charge in [0.1, 0.15) is 0 Å². The summed E-state index contributed by atoms with van der Waals surface area (Å²) < 4.78 is 8.74. The van der Waals surface area contributed by atoms with E-state index < -0.39 is 9.17 Å². The fraction of sp³-hybridized carbons (Fsp3) is 0. The van der Waals surface area contributed by atoms with Gasteiger partial charge in [0.2, 0.25) is 0 Å². The van der Waals surface area contributed by atoms with Gasteiger partial charge in [0, 0.05) is 21.7 Å². The first-order valence-electron chi connectivity index (χ1n) is 0.651. The molecule has 0 rings (SSSR count). The quantitative estimate of drug-likeness (QED) is 0.470. The third-order valence-electron chi connectivity index (χ3n) is 0. The fourth-order valence-electron chi connectivity index (χ4n) is 0. The minimum absolute atomic E-state index is 0. The van der Waals surface area contributed by atoms with Crippen molar-refractivity contribution in [3.05, 3.63) is 0 Å². The van der Waals surface area contributed by atoms with Gasteiger partial charge in [0.05, 0.1) is 0 Å². The van der Waals surface area contributed by atoms with E-state index in [0.29, 0.717) is 0 Å². The smallest absolute Gasteiger partial charge is 1.00 e. The van der Waals surface area contributed by atoms with E-state index in [1.807, 2.05) is 0 Å². The maximum atomic E-state index is 8.74. The van der Waals surface area contributed by atoms with E-state index in [9.17, 15) is 0 Å². The molecule has 0 aliphatic rings. The summed E-state index contributed by atoms with van der Waals surface area (Å²) in [7, 11) is -3.13. The van der Waals surface area contributed by atoms with Crippen LogP contribution in [0.1, 0.15) is 2.85 Å². The molecule has 6 heteroatoms. The van der Waals surface area contributed by atoms with Gasteiger partial charge in [-0.25, -0.2) is 0 Å². The van der Waals surface area contributed by atoms with E-state index in [-0.39, 0.29) is 70.1 Å². The zero-order valence-electron chi connectivity index (χ0n) is 5.01. The Kier molecular flexibility index (Phi) is 25.9. The van der Waals surface area contributed by atoms with E-state index in [1.54, 1.807) is 0 Å². The summed E-state index contributed by atoms with van der Waals surface area (Å²) in [5.74, 6) is 0. The average Bonchev–Trinajstić information content (AvgIpc) is 0.811. The van der Waals surface area contributed by atoms with Crippen LogP contribution in [-0.2, 0) is 26.2 Å². The Labute approximate surface area is 91.8 Å². The van der Waals surface area contributed by atoms with Crippen LogP contribution in [0.2, 0.25) is 0 Å². The maximum Gasteiger partial charge on any atom is 2.00 e. The molecule has 0 amide bonds. The van der Waals surface area contributed by atoms with Gasteiger partial charge in [-0.2, -0.15) is 0 Å². The molecule has 0 spiro atoms. The molecule has 3 nitrogen and oxygen atoms in total. The Hall–Kier alpha value is 1.81. The predicted octanol–water partition coefficient (Wildman–Crippen LogP) is -1.77. The summed E-state index contributed by atoms with van der Waals surface area (Å²) in [4.78, 5) is 14.3. The SMILES string of the molecule is O=[Si](O)O.[H-].[H-].[Sr+2].[Ti]. The molecule has 0 aliphatic carbocycles. The van der Waals surface area contributed by atoms with Crippen LogP contribution in [0.5, 0.6) is 0 Å². The molecule has 0 atom stereocenters. The van der Waals surface area contributed by atoms with Crippen molar-refractivity contribution in [2.45, 2.75) is 0 Å². The first kappa shape index (κ1) is 15.7. The second-order valence-corrected chi connectivity index (χ2v) is 0.848. The summed E-state index contributed by atoms with van der Waals surface area (Å²) in [6.45, 7) is 0. The minimum Gasteiger partial charge on any atom is -1.00 e. The van der Waals surface area contributed by atoms with Gasteiger partial charge in [0.25, 0.3) is 0 Å². The molecule has 6 heavy (non-hydrogen) atoms. The summed E-state index contributed by atoms with van der Waals surface area (Å²) in [6, 6.07) is 0. The standard InChI is InChI=1S/H2O3Si.Sr.Ti.2H/c1-4(2)3;;;;/h1-2H;;;;/q;+2;;2*-1. The van der Waals surface area contributed by atoms with Gasteiger partial charge in [-0.15, -0.1) is 0 Å². The number of rotatable bonds is 0. The van der Waals surface area contributed by atoms with E-state index in [0.717, 1.165) is 0 Å². The fourth-order valence-corrected chi connectivity index (χ4v) is 0. The Balaban J connectivity index is -0.00000000750. The molecule has 0 aromatic heterocycles. The van der Waals surface area contributed by atoms with Crippen LogP contribution in [0.3, 0.4) is 0 Å². The molecule has 2 N–H and O–H groups in total. The number of hydrogen-bond acceptors (Lipinski definition) is 1. The van der Waals surface area contributed by atoms with Crippen LogP contribution in [0.25, 0.3) is 0 Å². The van der Waals surface area contributed by atoms with E-state index in [4.69, 9.17) is 14.1 Å². The van der Waals surface area contributed by atoms with Crippen molar-refractivity contribution in [3.63, 3.8) is 0 Å². The zero-order valence-corrected chi connectivity index (χ0v) is 9.05. The van der Waals surface area contributed by atoms with Crippen molar-refractivity contribution in [1.82, 2.24) is 0 Å². The zero-order chi connectivity index (χ0) is 3.58. The number of hydrogen-bond donors (Lipinski definition) is 2. The molecule has 0 radical (unpaired) electrons. The molecule has 0 saturated heterocycles. The Morgan fingerprint density at radius 1 is 1.50 bits per heavy atom. The Bertz CT molecular complexity index is 40.3. The summed E-state index contributed by atoms with van der Waals surface area (Å²) in [5.41, 5.74) is 0. The molecular formula is H4O3SiSrTi. The van der Waals surface area contributed by atoms with Gasteiger partial charge in [-0.3, -0.25) is 4.46 Å². The maximum absolute atomic E-state index is 8.74. The summed E-state index contributed by atoms with van der Waals surface area (Å²) in [6.07, 6.45) is 0. The minimum atomic E-state index is -3.13. The van der Waals surface area contributed by atoms with Crippen LogP contribution in [0, 0.1) is 0 Å². The van der Waals surface area contributed by atoms with Gasteiger partial charge in [0.15, 0.2) is 0 Å². The molecule has 0 bridgehead atoms. The van der Waals surface area contributed by atoms with Crippen LogP contribution in [0.4, 0.5) is 0 Å². The first-order valence-corrected chi connectivity index (χ1v) is 1.95. The topological polar surface area (TPSA) is 57.5 Å². The van der Waals surface area contributed by atoms with Gasteiger partial charge >= 0.3 is 54.7 Å². The van der Waals surface area contributed by atoms with Crippen LogP contribution >= 0.6 is 0 Å². The molecule has 0 aliphatic heterocycles. The van der Waals surface area contributed by atoms with Gasteiger partial charge in [-0.1, -0.05) is 0 Å². The molecule has 0 fully saturated rings. The molecule has 0 aromatic carbocycles. The van der Waals surface area contributed by atoms with Crippen molar-refractivity contribution in [2.75, 3.05) is 0 Å². The molecular weight excluding hydrogens is 212 g/mol. The summed E-state index contributed by atoms with van der Waals surface area (Å²) >= 11 is 0. The summed E-state index contributed by atoms with van der Waals surface area (Å²) in [5, 5.41) is 0. The van der Waals surface area contributed by atoms with Gasteiger partial charge < -0.3 is 12.4 Å². The molecule has 0 aromatic rings. The third-order valence-corrected chi connectivity index (χ3v) is 0. The van der Waals surface area contributed by atoms with Crippen LogP contribution in [-0.4, -0.2) is 64.2 Å². The molecule has 0 heterocycles. The van der Waals surface area contributed by atoms with Gasteiger partial charge in [-0.05, 0) is 0 Å². The van der Waals surface area contributed by atoms with Crippen molar-refractivity contribution < 1.29 is 38.6 Å². The predicted molar refractivity (Wildman–Crippen MR) is 18.9 cm³/mol. The second kappa shape index (κ2) is 9.94. The Morgan fingerprint density at radius 2 is 1.50 bits per heavy atom. The molecule has 0 saturated carbocycles. The molecule has 32 valence electrons. The Morgan fingerprint density at radius 3 is 1.50 bits per heavy atom. The van der Waals surface area contributed by atoms with Crippen molar-refractivity contribution in [1.29, 1.82) is 0 Å². The first-order chi connectivity index (χ1) is 1.73. The van der Waals surface area contributed by atoms with Crippen molar-refractivity contribution in [3.8, 4) is 0 Å². The second-order valence-electron chi connectivity index (χ2n) is 0.283. The molecule has 0 unspecified atom stereocenters. The van der Waals surface area contributed by atoms with Crippen LogP contribution in [0.15, 0.2) is 0 Å².